The Labute approximate surface area is 193 Å². The van der Waals surface area contributed by atoms with E-state index in [-0.39, 0.29) is 5.54 Å². The van der Waals surface area contributed by atoms with Gasteiger partial charge in [0.25, 0.3) is 0 Å². The summed E-state index contributed by atoms with van der Waals surface area (Å²) in [5.41, 5.74) is 6.01. The predicted molar refractivity (Wildman–Crippen MR) is 133 cm³/mol. The van der Waals surface area contributed by atoms with E-state index >= 15 is 0 Å². The van der Waals surface area contributed by atoms with Crippen molar-refractivity contribution >= 4 is 17.1 Å². The smallest absolute Gasteiger partial charge is 0.174 e. The molecular formula is C28H39NOS. The molecule has 0 bridgehead atoms. The number of Topliss-reactive ketones (excluding diaryl/α,β-unsaturated/α-hetero) is 1. The Bertz CT molecular complexity index is 944. The summed E-state index contributed by atoms with van der Waals surface area (Å²) in [4.78, 5) is 16.2. The lowest BCUT2D eigenvalue weighted by Gasteiger charge is -2.57. The van der Waals surface area contributed by atoms with Crippen molar-refractivity contribution < 1.29 is 4.79 Å². The van der Waals surface area contributed by atoms with Crippen LogP contribution in [0.2, 0.25) is 0 Å². The van der Waals surface area contributed by atoms with Crippen molar-refractivity contribution in [3.05, 3.63) is 56.8 Å². The first kappa shape index (κ1) is 22.7. The molecular weight excluding hydrogens is 398 g/mol. The first-order chi connectivity index (χ1) is 14.7. The van der Waals surface area contributed by atoms with E-state index in [4.69, 9.17) is 0 Å². The molecule has 1 heterocycles. The molecule has 2 aliphatic carbocycles. The molecule has 3 heteroatoms. The number of rotatable bonds is 6. The van der Waals surface area contributed by atoms with Crippen LogP contribution in [0.5, 0.6) is 0 Å². The summed E-state index contributed by atoms with van der Waals surface area (Å²) < 4.78 is 0. The summed E-state index contributed by atoms with van der Waals surface area (Å²) in [7, 11) is 2.27. The quantitative estimate of drug-likeness (QED) is 0.445. The second kappa shape index (κ2) is 8.83. The topological polar surface area (TPSA) is 20.3 Å². The van der Waals surface area contributed by atoms with E-state index in [2.05, 4.69) is 70.1 Å². The van der Waals surface area contributed by atoms with E-state index in [1.165, 1.54) is 36.8 Å². The van der Waals surface area contributed by atoms with Gasteiger partial charge >= 0.3 is 0 Å². The Balaban J connectivity index is 1.53. The van der Waals surface area contributed by atoms with Gasteiger partial charge in [0.1, 0.15) is 0 Å². The zero-order valence-electron chi connectivity index (χ0n) is 20.2. The fourth-order valence-electron chi connectivity index (χ4n) is 6.31. The monoisotopic (exact) mass is 437 g/mol. The summed E-state index contributed by atoms with van der Waals surface area (Å²) in [6.07, 6.45) is 5.65. The highest BCUT2D eigenvalue weighted by molar-refractivity contribution is 7.12. The molecule has 4 rings (SSSR count). The second-order valence-electron chi connectivity index (χ2n) is 10.7. The van der Waals surface area contributed by atoms with Crippen molar-refractivity contribution in [1.82, 2.24) is 4.90 Å². The van der Waals surface area contributed by atoms with Crippen LogP contribution in [-0.2, 0) is 6.42 Å². The van der Waals surface area contributed by atoms with Crippen LogP contribution in [-0.4, -0.2) is 29.8 Å². The van der Waals surface area contributed by atoms with Crippen molar-refractivity contribution in [1.29, 1.82) is 0 Å². The lowest BCUT2D eigenvalue weighted by atomic mass is 9.56. The third-order valence-electron chi connectivity index (χ3n) is 8.60. The zero-order valence-corrected chi connectivity index (χ0v) is 21.0. The van der Waals surface area contributed by atoms with Crippen LogP contribution in [0.4, 0.5) is 0 Å². The maximum Gasteiger partial charge on any atom is 0.174 e. The number of nitrogens with zero attached hydrogens (tertiary/aromatic N) is 1. The van der Waals surface area contributed by atoms with E-state index in [1.54, 1.807) is 22.5 Å². The van der Waals surface area contributed by atoms with Gasteiger partial charge in [-0.3, -0.25) is 9.69 Å². The van der Waals surface area contributed by atoms with Crippen molar-refractivity contribution in [2.24, 2.45) is 11.8 Å². The second-order valence-corrected chi connectivity index (χ2v) is 11.6. The minimum atomic E-state index is 0.142. The van der Waals surface area contributed by atoms with E-state index < -0.39 is 0 Å². The number of carbonyl (C=O) groups is 1. The Morgan fingerprint density at radius 2 is 2.00 bits per heavy atom. The fourth-order valence-corrected chi connectivity index (χ4v) is 7.17. The van der Waals surface area contributed by atoms with Crippen LogP contribution >= 0.6 is 11.3 Å². The maximum atomic E-state index is 12.7. The molecule has 31 heavy (non-hydrogen) atoms. The number of benzene rings is 1. The van der Waals surface area contributed by atoms with Gasteiger partial charge in [0.05, 0.1) is 4.88 Å². The Morgan fingerprint density at radius 3 is 2.68 bits per heavy atom. The highest BCUT2D eigenvalue weighted by atomic mass is 32.1. The predicted octanol–water partition coefficient (Wildman–Crippen LogP) is 7.22. The average molecular weight is 438 g/mol. The molecule has 0 N–H and O–H groups in total. The Kier molecular flexibility index (Phi) is 6.47. The van der Waals surface area contributed by atoms with Gasteiger partial charge in [-0.15, -0.1) is 11.3 Å². The van der Waals surface area contributed by atoms with E-state index in [1.807, 2.05) is 6.07 Å². The van der Waals surface area contributed by atoms with Crippen molar-refractivity contribution in [3.63, 3.8) is 0 Å². The summed E-state index contributed by atoms with van der Waals surface area (Å²) in [5.74, 6) is 2.86. The first-order valence-electron chi connectivity index (χ1n) is 12.1. The molecule has 0 amide bonds. The molecule has 0 spiro atoms. The van der Waals surface area contributed by atoms with Gasteiger partial charge in [0, 0.05) is 18.5 Å². The molecule has 0 aliphatic heterocycles. The fraction of sp³-hybridized carbons (Fsp3) is 0.607. The third-order valence-corrected chi connectivity index (χ3v) is 9.69. The van der Waals surface area contributed by atoms with Crippen molar-refractivity contribution in [2.45, 2.75) is 84.1 Å². The largest absolute Gasteiger partial charge is 0.300 e. The van der Waals surface area contributed by atoms with E-state index in [0.29, 0.717) is 35.9 Å². The molecule has 4 unspecified atom stereocenters. The van der Waals surface area contributed by atoms with Crippen molar-refractivity contribution in [2.75, 3.05) is 13.6 Å². The summed E-state index contributed by atoms with van der Waals surface area (Å²) in [6.45, 7) is 12.4. The van der Waals surface area contributed by atoms with Crippen molar-refractivity contribution in [3.8, 4) is 0 Å². The van der Waals surface area contributed by atoms with Gasteiger partial charge in [0.2, 0.25) is 0 Å². The van der Waals surface area contributed by atoms with Crippen LogP contribution in [0.25, 0.3) is 0 Å². The van der Waals surface area contributed by atoms with Crippen LogP contribution < -0.4 is 0 Å². The molecule has 2 nitrogen and oxygen atoms in total. The lowest BCUT2D eigenvalue weighted by Crippen LogP contribution is -2.59. The summed E-state index contributed by atoms with van der Waals surface area (Å²) >= 11 is 1.59. The maximum absolute atomic E-state index is 12.7. The van der Waals surface area contributed by atoms with Crippen LogP contribution in [0.15, 0.2) is 29.6 Å². The molecule has 0 saturated heterocycles. The van der Waals surface area contributed by atoms with Gasteiger partial charge in [-0.05, 0) is 104 Å². The lowest BCUT2D eigenvalue weighted by molar-refractivity contribution is -0.0284. The minimum Gasteiger partial charge on any atom is -0.300 e. The number of hydrogen-bond donors (Lipinski definition) is 0. The van der Waals surface area contributed by atoms with E-state index in [0.717, 1.165) is 11.4 Å². The average Bonchev–Trinajstić information content (AvgIpc) is 3.19. The molecule has 4 atom stereocenters. The molecule has 0 radical (unpaired) electrons. The molecule has 1 fully saturated rings. The van der Waals surface area contributed by atoms with Gasteiger partial charge < -0.3 is 0 Å². The van der Waals surface area contributed by atoms with Gasteiger partial charge in [-0.1, -0.05) is 39.0 Å². The highest BCUT2D eigenvalue weighted by Crippen LogP contribution is 2.53. The third kappa shape index (κ3) is 4.16. The number of aryl methyl sites for hydroxylation is 2. The molecule has 1 aromatic carbocycles. The number of ketones is 1. The minimum absolute atomic E-state index is 0.142. The van der Waals surface area contributed by atoms with Gasteiger partial charge in [-0.25, -0.2) is 0 Å². The molecule has 2 aliphatic rings. The first-order valence-corrected chi connectivity index (χ1v) is 13.0. The van der Waals surface area contributed by atoms with Crippen LogP contribution in [0, 0.1) is 18.8 Å². The Hall–Kier alpha value is -1.45. The summed E-state index contributed by atoms with van der Waals surface area (Å²) in [6, 6.07) is 9.33. The Morgan fingerprint density at radius 1 is 1.23 bits per heavy atom. The summed E-state index contributed by atoms with van der Waals surface area (Å²) in [5, 5.41) is 2.08. The highest BCUT2D eigenvalue weighted by Gasteiger charge is 2.50. The normalized spacial score (nSPS) is 27.9. The molecule has 168 valence electrons. The number of hydrogen-bond acceptors (Lipinski definition) is 3. The van der Waals surface area contributed by atoms with Gasteiger partial charge in [0.15, 0.2) is 5.78 Å². The number of thiophene rings is 1. The molecule has 1 aromatic heterocycles. The standard InChI is InChI=1S/C28H39NOS/c1-18(2)21-8-11-23-22(16-21)9-12-25-24(23)10-7-20(4)28(25,5)29(6)14-13-26(30)27-15-19(3)17-31-27/h8,11,15-18,20,24-25H,7,9-10,12-14H2,1-6H3. The van der Waals surface area contributed by atoms with Gasteiger partial charge in [-0.2, -0.15) is 0 Å². The zero-order chi connectivity index (χ0) is 22.3. The van der Waals surface area contributed by atoms with Crippen LogP contribution in [0.3, 0.4) is 0 Å². The SMILES string of the molecule is Cc1csc(C(=O)CCN(C)C2(C)C(C)CCC3c4ccc(C(C)C)cc4CCC32)c1. The molecule has 2 aromatic rings. The van der Waals surface area contributed by atoms with E-state index in [9.17, 15) is 4.79 Å². The molecule has 1 saturated carbocycles. The van der Waals surface area contributed by atoms with Crippen LogP contribution in [0.1, 0.15) is 97.1 Å². The number of fused-ring (bicyclic) bond motifs is 3. The number of carbonyl (C=O) groups excluding carboxylic acids is 1.